The molecule has 0 aliphatic heterocycles. The standard InChI is InChI=1S/C42H48N2O7/c1-3-24-43(28-30-15-19-34(20-16-30)50-32-11-7-5-8-12-32)41(48)39-36(23-26-45)37(27-38(46)47)40(39)42(49)44(25-4-2)29-31-17-21-35(22-18-31)51-33-13-9-6-10-14-33/h5-22,36-37,39-40,45H,3-4,23-29H2,1-2H3,(H,46,47)/t36-,37-,39-,40-/m1/s1. The molecular weight excluding hydrogens is 644 g/mol. The molecule has 0 bridgehead atoms. The van der Waals surface area contributed by atoms with E-state index < -0.39 is 29.6 Å². The van der Waals surface area contributed by atoms with Gasteiger partial charge in [-0.2, -0.15) is 0 Å². The van der Waals surface area contributed by atoms with Gasteiger partial charge in [-0.25, -0.2) is 0 Å². The highest BCUT2D eigenvalue weighted by Crippen LogP contribution is 2.52. The molecule has 4 atom stereocenters. The van der Waals surface area contributed by atoms with E-state index in [-0.39, 0.29) is 31.3 Å². The van der Waals surface area contributed by atoms with Crippen LogP contribution in [0.4, 0.5) is 0 Å². The first-order chi connectivity index (χ1) is 24.8. The number of aliphatic hydroxyl groups excluding tert-OH is 1. The van der Waals surface area contributed by atoms with Gasteiger partial charge in [0.15, 0.2) is 0 Å². The summed E-state index contributed by atoms with van der Waals surface area (Å²) in [6, 6.07) is 34.1. The molecule has 0 saturated heterocycles. The molecule has 4 aromatic carbocycles. The highest BCUT2D eigenvalue weighted by Gasteiger charge is 2.58. The van der Waals surface area contributed by atoms with Crippen LogP contribution in [-0.2, 0) is 27.5 Å². The molecule has 2 amide bonds. The molecule has 0 radical (unpaired) electrons. The van der Waals surface area contributed by atoms with Crippen molar-refractivity contribution in [1.29, 1.82) is 0 Å². The van der Waals surface area contributed by atoms with E-state index in [1.165, 1.54) is 0 Å². The number of rotatable bonds is 18. The molecule has 1 aliphatic carbocycles. The number of carbonyl (C=O) groups excluding carboxylic acids is 2. The Morgan fingerprint density at radius 3 is 1.35 bits per heavy atom. The van der Waals surface area contributed by atoms with E-state index in [4.69, 9.17) is 9.47 Å². The Balaban J connectivity index is 1.35. The van der Waals surface area contributed by atoms with Crippen LogP contribution in [0.15, 0.2) is 109 Å². The second-order valence-corrected chi connectivity index (χ2v) is 13.1. The SMILES string of the molecule is CCCN(Cc1ccc(Oc2ccccc2)cc1)C(=O)[C@@H]1[C@H](CCO)[C@@H](CC(=O)O)[C@H]1C(=O)N(CCC)Cc1ccc(Oc2ccccc2)cc1. The average Bonchev–Trinajstić information content (AvgIpc) is 3.13. The van der Waals surface area contributed by atoms with Crippen LogP contribution in [0.2, 0.25) is 0 Å². The van der Waals surface area contributed by atoms with Crippen LogP contribution in [0.1, 0.15) is 50.7 Å². The van der Waals surface area contributed by atoms with Gasteiger partial charge in [0.2, 0.25) is 11.8 Å². The Kier molecular flexibility index (Phi) is 13.2. The van der Waals surface area contributed by atoms with E-state index in [1.807, 2.05) is 123 Å². The minimum atomic E-state index is -1.02. The number of para-hydroxylation sites is 2. The van der Waals surface area contributed by atoms with Gasteiger partial charge in [-0.3, -0.25) is 14.4 Å². The van der Waals surface area contributed by atoms with Crippen LogP contribution in [0.3, 0.4) is 0 Å². The zero-order valence-electron chi connectivity index (χ0n) is 29.4. The van der Waals surface area contributed by atoms with Crippen LogP contribution < -0.4 is 9.47 Å². The Labute approximate surface area is 300 Å². The molecule has 9 nitrogen and oxygen atoms in total. The average molecular weight is 693 g/mol. The van der Waals surface area contributed by atoms with Crippen molar-refractivity contribution in [2.24, 2.45) is 23.7 Å². The number of ether oxygens (including phenoxy) is 2. The first kappa shape index (κ1) is 37.1. The van der Waals surface area contributed by atoms with Gasteiger partial charge >= 0.3 is 5.97 Å². The van der Waals surface area contributed by atoms with Crippen LogP contribution in [0.25, 0.3) is 0 Å². The number of amides is 2. The van der Waals surface area contributed by atoms with Crippen molar-refractivity contribution < 1.29 is 34.1 Å². The van der Waals surface area contributed by atoms with E-state index in [9.17, 15) is 24.6 Å². The molecular formula is C42H48N2O7. The van der Waals surface area contributed by atoms with Gasteiger partial charge in [0.25, 0.3) is 0 Å². The molecule has 1 saturated carbocycles. The summed E-state index contributed by atoms with van der Waals surface area (Å²) < 4.78 is 11.9. The maximum Gasteiger partial charge on any atom is 0.303 e. The topological polar surface area (TPSA) is 117 Å². The van der Waals surface area contributed by atoms with Crippen molar-refractivity contribution in [3.8, 4) is 23.0 Å². The quantitative estimate of drug-likeness (QED) is 0.109. The Hall–Kier alpha value is -5.15. The molecule has 0 spiro atoms. The third-order valence-electron chi connectivity index (χ3n) is 9.46. The lowest BCUT2D eigenvalue weighted by molar-refractivity contribution is -0.172. The van der Waals surface area contributed by atoms with E-state index >= 15 is 0 Å². The van der Waals surface area contributed by atoms with Crippen molar-refractivity contribution >= 4 is 17.8 Å². The lowest BCUT2D eigenvalue weighted by atomic mass is 9.53. The van der Waals surface area contributed by atoms with E-state index in [0.29, 0.717) is 50.5 Å². The van der Waals surface area contributed by atoms with E-state index in [1.54, 1.807) is 9.80 Å². The van der Waals surface area contributed by atoms with E-state index in [0.717, 1.165) is 22.6 Å². The fourth-order valence-corrected chi connectivity index (χ4v) is 7.13. The third-order valence-corrected chi connectivity index (χ3v) is 9.46. The highest BCUT2D eigenvalue weighted by molar-refractivity contribution is 5.91. The molecule has 51 heavy (non-hydrogen) atoms. The fraction of sp³-hybridized carbons (Fsp3) is 0.357. The number of aliphatic hydroxyl groups is 1. The first-order valence-electron chi connectivity index (χ1n) is 17.8. The Bertz CT molecular complexity index is 1700. The lowest BCUT2D eigenvalue weighted by Crippen LogP contribution is -2.60. The fourth-order valence-electron chi connectivity index (χ4n) is 7.13. The van der Waals surface area contributed by atoms with Crippen molar-refractivity contribution in [1.82, 2.24) is 9.80 Å². The second kappa shape index (κ2) is 18.2. The molecule has 9 heteroatoms. The van der Waals surface area contributed by atoms with Gasteiger partial charge in [-0.1, -0.05) is 74.5 Å². The maximum atomic E-state index is 14.5. The minimum Gasteiger partial charge on any atom is -0.481 e. The molecule has 1 fully saturated rings. The molecule has 4 aromatic rings. The molecule has 1 aliphatic rings. The summed E-state index contributed by atoms with van der Waals surface area (Å²) in [4.78, 5) is 44.5. The number of aliphatic carboxylic acids is 1. The van der Waals surface area contributed by atoms with Crippen molar-refractivity contribution in [2.75, 3.05) is 19.7 Å². The Morgan fingerprint density at radius 2 is 0.980 bits per heavy atom. The minimum absolute atomic E-state index is 0.182. The molecule has 5 rings (SSSR count). The molecule has 0 unspecified atom stereocenters. The summed E-state index contributed by atoms with van der Waals surface area (Å²) in [5.41, 5.74) is 1.81. The Morgan fingerprint density at radius 1 is 0.588 bits per heavy atom. The van der Waals surface area contributed by atoms with Gasteiger partial charge in [-0.15, -0.1) is 0 Å². The second-order valence-electron chi connectivity index (χ2n) is 13.1. The van der Waals surface area contributed by atoms with E-state index in [2.05, 4.69) is 0 Å². The first-order valence-corrected chi connectivity index (χ1v) is 17.8. The number of benzene rings is 4. The maximum absolute atomic E-state index is 14.5. The van der Waals surface area contributed by atoms with Crippen LogP contribution in [-0.4, -0.2) is 57.5 Å². The summed E-state index contributed by atoms with van der Waals surface area (Å²) >= 11 is 0. The largest absolute Gasteiger partial charge is 0.481 e. The summed E-state index contributed by atoms with van der Waals surface area (Å²) in [6.45, 7) is 5.37. The predicted octanol–water partition coefficient (Wildman–Crippen LogP) is 7.78. The summed E-state index contributed by atoms with van der Waals surface area (Å²) in [6.07, 6.45) is 1.41. The van der Waals surface area contributed by atoms with Crippen LogP contribution >= 0.6 is 0 Å². The van der Waals surface area contributed by atoms with Crippen molar-refractivity contribution in [3.63, 3.8) is 0 Å². The highest BCUT2D eigenvalue weighted by atomic mass is 16.5. The number of carboxylic acids is 1. The van der Waals surface area contributed by atoms with Crippen molar-refractivity contribution in [2.45, 2.75) is 52.6 Å². The summed E-state index contributed by atoms with van der Waals surface area (Å²) in [7, 11) is 0. The van der Waals surface area contributed by atoms with Gasteiger partial charge in [0.05, 0.1) is 11.8 Å². The normalized spacial score (nSPS) is 17.9. The van der Waals surface area contributed by atoms with Crippen LogP contribution in [0.5, 0.6) is 23.0 Å². The summed E-state index contributed by atoms with van der Waals surface area (Å²) in [5.74, 6) is -1.15. The number of carbonyl (C=O) groups is 3. The number of carboxylic acid groups (broad SMARTS) is 1. The predicted molar refractivity (Wildman–Crippen MR) is 195 cm³/mol. The zero-order valence-corrected chi connectivity index (χ0v) is 29.4. The van der Waals surface area contributed by atoms with Gasteiger partial charge in [-0.05, 0) is 90.8 Å². The number of hydrogen-bond acceptors (Lipinski definition) is 6. The van der Waals surface area contributed by atoms with Gasteiger partial charge in [0, 0.05) is 39.2 Å². The molecule has 0 heterocycles. The molecule has 2 N–H and O–H groups in total. The summed E-state index contributed by atoms with van der Waals surface area (Å²) in [5, 5.41) is 19.9. The smallest absolute Gasteiger partial charge is 0.303 e. The van der Waals surface area contributed by atoms with Crippen LogP contribution in [0, 0.1) is 23.7 Å². The zero-order chi connectivity index (χ0) is 36.2. The lowest BCUT2D eigenvalue weighted by Gasteiger charge is -2.52. The van der Waals surface area contributed by atoms with Crippen molar-refractivity contribution in [3.05, 3.63) is 120 Å². The number of hydrogen-bond donors (Lipinski definition) is 2. The molecule has 0 aromatic heterocycles. The molecule has 268 valence electrons. The third kappa shape index (κ3) is 9.76. The van der Waals surface area contributed by atoms with Gasteiger partial charge in [0.1, 0.15) is 23.0 Å². The monoisotopic (exact) mass is 692 g/mol. The number of nitrogens with zero attached hydrogens (tertiary/aromatic N) is 2. The van der Waals surface area contributed by atoms with Gasteiger partial charge < -0.3 is 29.5 Å².